The van der Waals surface area contributed by atoms with E-state index in [4.69, 9.17) is 12.2 Å². The van der Waals surface area contributed by atoms with Gasteiger partial charge in [0.2, 0.25) is 5.69 Å². The van der Waals surface area contributed by atoms with Crippen molar-refractivity contribution in [3.8, 4) is 0 Å². The molecule has 0 bridgehead atoms. The van der Waals surface area contributed by atoms with Crippen LogP contribution in [0.2, 0.25) is 0 Å². The molecule has 1 aliphatic rings. The number of hydrogen-bond acceptors (Lipinski definition) is 5. The van der Waals surface area contributed by atoms with Gasteiger partial charge in [-0.25, -0.2) is 10.4 Å². The Kier molecular flexibility index (Phi) is 5.62. The molecular formula is C17H22N6OS. The van der Waals surface area contributed by atoms with E-state index in [0.717, 1.165) is 36.7 Å². The van der Waals surface area contributed by atoms with Crippen LogP contribution < -0.4 is 20.5 Å². The second-order valence-electron chi connectivity index (χ2n) is 5.91. The lowest BCUT2D eigenvalue weighted by molar-refractivity contribution is -0.616. The molecule has 0 aromatic carbocycles. The summed E-state index contributed by atoms with van der Waals surface area (Å²) in [6, 6.07) is 11.1. The lowest BCUT2D eigenvalue weighted by atomic mass is 10.2. The molecule has 8 heteroatoms. The summed E-state index contributed by atoms with van der Waals surface area (Å²) < 4.78 is 0.855. The third-order valence-electron chi connectivity index (χ3n) is 4.23. The van der Waals surface area contributed by atoms with Gasteiger partial charge in [0.25, 0.3) is 0 Å². The summed E-state index contributed by atoms with van der Waals surface area (Å²) in [7, 11) is 0. The van der Waals surface area contributed by atoms with Gasteiger partial charge >= 0.3 is 0 Å². The summed E-state index contributed by atoms with van der Waals surface area (Å²) in [5, 5.41) is 12.4. The van der Waals surface area contributed by atoms with E-state index in [-0.39, 0.29) is 6.04 Å². The molecule has 132 valence electrons. The molecular weight excluding hydrogens is 336 g/mol. The third kappa shape index (κ3) is 4.34. The number of rotatable bonds is 4. The predicted octanol–water partition coefficient (Wildman–Crippen LogP) is 0.977. The van der Waals surface area contributed by atoms with Gasteiger partial charge in [0.05, 0.1) is 0 Å². The van der Waals surface area contributed by atoms with Crippen LogP contribution in [0.15, 0.2) is 48.8 Å². The number of nitrogens with one attached hydrogen (secondary N) is 2. The Bertz CT molecular complexity index is 705. The van der Waals surface area contributed by atoms with Gasteiger partial charge < -0.3 is 15.0 Å². The van der Waals surface area contributed by atoms with E-state index in [1.54, 1.807) is 12.1 Å². The molecule has 0 saturated carbocycles. The minimum atomic E-state index is -0.161. The van der Waals surface area contributed by atoms with Crippen LogP contribution in [-0.4, -0.2) is 41.2 Å². The molecule has 1 saturated heterocycles. The molecule has 1 atom stereocenters. The Morgan fingerprint density at radius 3 is 2.64 bits per heavy atom. The van der Waals surface area contributed by atoms with Gasteiger partial charge in [-0.1, -0.05) is 6.07 Å². The number of piperazine rings is 1. The Morgan fingerprint density at radius 1 is 1.20 bits per heavy atom. The number of pyridine rings is 2. The Balaban J connectivity index is 1.47. The Hall–Kier alpha value is -2.45. The molecule has 3 heterocycles. The summed E-state index contributed by atoms with van der Waals surface area (Å²) in [4.78, 5) is 8.75. The smallest absolute Gasteiger partial charge is 0.211 e. The predicted molar refractivity (Wildman–Crippen MR) is 101 cm³/mol. The first-order valence-corrected chi connectivity index (χ1v) is 8.70. The van der Waals surface area contributed by atoms with Crippen LogP contribution >= 0.6 is 12.2 Å². The summed E-state index contributed by atoms with van der Waals surface area (Å²) >= 11 is 5.46. The molecule has 0 unspecified atom stereocenters. The largest absolute Gasteiger partial charge is 0.618 e. The summed E-state index contributed by atoms with van der Waals surface area (Å²) in [6.45, 7) is 5.30. The fourth-order valence-electron chi connectivity index (χ4n) is 2.78. The van der Waals surface area contributed by atoms with Crippen LogP contribution in [0.5, 0.6) is 0 Å². The maximum Gasteiger partial charge on any atom is 0.211 e. The third-order valence-corrected chi connectivity index (χ3v) is 4.59. The van der Waals surface area contributed by atoms with E-state index in [2.05, 4.69) is 25.6 Å². The summed E-state index contributed by atoms with van der Waals surface area (Å²) in [6.07, 6.45) is 3.30. The Morgan fingerprint density at radius 2 is 1.96 bits per heavy atom. The molecule has 25 heavy (non-hydrogen) atoms. The topological polar surface area (TPSA) is 70.4 Å². The van der Waals surface area contributed by atoms with Crippen molar-refractivity contribution in [2.24, 2.45) is 0 Å². The van der Waals surface area contributed by atoms with Crippen molar-refractivity contribution >= 4 is 23.1 Å². The number of thiocarbonyl (C=S) groups is 1. The van der Waals surface area contributed by atoms with Crippen LogP contribution in [0.4, 0.5) is 5.82 Å². The number of hydrazine groups is 1. The standard InChI is InChI=1S/C17H22N6OS/c1-14(15-6-3-5-9-23(15)24)19-20-17(25)22-12-10-21(11-13-22)16-7-2-4-8-18-16/h2-9,14,19H,10-13H2,1H3,(H,20,25)/t14-/m0/s1. The van der Waals surface area contributed by atoms with Crippen molar-refractivity contribution in [2.75, 3.05) is 31.1 Å². The highest BCUT2D eigenvalue weighted by Crippen LogP contribution is 2.12. The van der Waals surface area contributed by atoms with Gasteiger partial charge in [0.15, 0.2) is 11.3 Å². The molecule has 2 aromatic rings. The summed E-state index contributed by atoms with van der Waals surface area (Å²) in [5.74, 6) is 0.997. The molecule has 0 radical (unpaired) electrons. The molecule has 0 amide bonds. The number of hydrogen-bond donors (Lipinski definition) is 2. The molecule has 7 nitrogen and oxygen atoms in total. The van der Waals surface area contributed by atoms with Gasteiger partial charge in [0.1, 0.15) is 11.9 Å². The Labute approximate surface area is 152 Å². The first kappa shape index (κ1) is 17.4. The first-order chi connectivity index (χ1) is 12.1. The van der Waals surface area contributed by atoms with E-state index >= 15 is 0 Å². The van der Waals surface area contributed by atoms with Crippen molar-refractivity contribution in [3.63, 3.8) is 0 Å². The van der Waals surface area contributed by atoms with E-state index in [0.29, 0.717) is 10.8 Å². The average molecular weight is 358 g/mol. The van der Waals surface area contributed by atoms with E-state index in [1.165, 1.54) is 6.20 Å². The van der Waals surface area contributed by atoms with Gasteiger partial charge in [-0.3, -0.25) is 5.43 Å². The minimum absolute atomic E-state index is 0.161. The zero-order valence-corrected chi connectivity index (χ0v) is 14.9. The summed E-state index contributed by atoms with van der Waals surface area (Å²) in [5.41, 5.74) is 6.79. The molecule has 0 spiro atoms. The number of aromatic nitrogens is 2. The van der Waals surface area contributed by atoms with Crippen molar-refractivity contribution in [1.29, 1.82) is 0 Å². The van der Waals surface area contributed by atoms with Crippen molar-refractivity contribution in [1.82, 2.24) is 20.7 Å². The zero-order valence-electron chi connectivity index (χ0n) is 14.1. The van der Waals surface area contributed by atoms with Crippen LogP contribution in [0.3, 0.4) is 0 Å². The average Bonchev–Trinajstić information content (AvgIpc) is 2.67. The molecule has 3 rings (SSSR count). The highest BCUT2D eigenvalue weighted by atomic mass is 32.1. The van der Waals surface area contributed by atoms with Gasteiger partial charge in [-0.2, -0.15) is 4.73 Å². The minimum Gasteiger partial charge on any atom is -0.618 e. The van der Waals surface area contributed by atoms with E-state index < -0.39 is 0 Å². The highest BCUT2D eigenvalue weighted by Gasteiger charge is 2.20. The van der Waals surface area contributed by atoms with Crippen LogP contribution in [-0.2, 0) is 0 Å². The normalized spacial score (nSPS) is 15.7. The van der Waals surface area contributed by atoms with Gasteiger partial charge in [-0.05, 0) is 37.3 Å². The maximum atomic E-state index is 11.8. The van der Waals surface area contributed by atoms with Crippen LogP contribution in [0.1, 0.15) is 18.7 Å². The lowest BCUT2D eigenvalue weighted by Crippen LogP contribution is -2.55. The van der Waals surface area contributed by atoms with E-state index in [9.17, 15) is 5.21 Å². The molecule has 1 aliphatic heterocycles. The molecule has 2 N–H and O–H groups in total. The number of anilines is 1. The zero-order chi connectivity index (χ0) is 17.6. The van der Waals surface area contributed by atoms with Crippen LogP contribution in [0.25, 0.3) is 0 Å². The van der Waals surface area contributed by atoms with E-state index in [1.807, 2.05) is 37.4 Å². The van der Waals surface area contributed by atoms with Gasteiger partial charge in [0, 0.05) is 44.5 Å². The van der Waals surface area contributed by atoms with Crippen LogP contribution in [0, 0.1) is 5.21 Å². The fraction of sp³-hybridized carbons (Fsp3) is 0.353. The van der Waals surface area contributed by atoms with Crippen molar-refractivity contribution < 1.29 is 4.73 Å². The van der Waals surface area contributed by atoms with Gasteiger partial charge in [-0.15, -0.1) is 0 Å². The molecule has 1 fully saturated rings. The lowest BCUT2D eigenvalue weighted by Gasteiger charge is -2.36. The maximum absolute atomic E-state index is 11.8. The second-order valence-corrected chi connectivity index (χ2v) is 6.30. The fourth-order valence-corrected chi connectivity index (χ4v) is 3.02. The molecule has 2 aromatic heterocycles. The highest BCUT2D eigenvalue weighted by molar-refractivity contribution is 7.80. The molecule has 0 aliphatic carbocycles. The number of nitrogens with zero attached hydrogens (tertiary/aromatic N) is 4. The SMILES string of the molecule is C[C@H](NNC(=S)N1CCN(c2ccccn2)CC1)c1cccc[n+]1[O-]. The van der Waals surface area contributed by atoms with Crippen molar-refractivity contribution in [2.45, 2.75) is 13.0 Å². The monoisotopic (exact) mass is 358 g/mol. The van der Waals surface area contributed by atoms with Crippen molar-refractivity contribution in [3.05, 3.63) is 59.7 Å². The first-order valence-electron chi connectivity index (χ1n) is 8.29. The quantitative estimate of drug-likeness (QED) is 0.365. The second kappa shape index (κ2) is 8.09.